The van der Waals surface area contributed by atoms with Crippen molar-refractivity contribution in [1.82, 2.24) is 30.1 Å². The molecule has 64 heavy (non-hydrogen) atoms. The van der Waals surface area contributed by atoms with E-state index in [1.807, 2.05) is 67.6 Å². The lowest BCUT2D eigenvalue weighted by molar-refractivity contribution is -0.135. The maximum absolute atomic E-state index is 13.0. The number of thiophene rings is 1. The molecule has 1 unspecified atom stereocenters. The smallest absolute Gasteiger partial charge is 0.329 e. The van der Waals surface area contributed by atoms with E-state index in [2.05, 4.69) is 32.7 Å². The molecule has 3 aromatic heterocycles. The molecule has 0 bridgehead atoms. The molecule has 0 spiro atoms. The zero-order valence-corrected chi connectivity index (χ0v) is 36.6. The van der Waals surface area contributed by atoms with Gasteiger partial charge in [-0.15, -0.1) is 11.3 Å². The van der Waals surface area contributed by atoms with Gasteiger partial charge in [0.2, 0.25) is 17.7 Å². The van der Waals surface area contributed by atoms with Crippen LogP contribution in [0.1, 0.15) is 41.0 Å². The van der Waals surface area contributed by atoms with Gasteiger partial charge in [-0.3, -0.25) is 33.6 Å². The van der Waals surface area contributed by atoms with Gasteiger partial charge in [-0.1, -0.05) is 18.2 Å². The molecule has 3 aromatic carbocycles. The van der Waals surface area contributed by atoms with Crippen LogP contribution in [0.4, 0.5) is 11.4 Å². The molecule has 336 valence electrons. The minimum atomic E-state index is -0.714. The second-order valence-electron chi connectivity index (χ2n) is 15.8. The number of nitrogens with one attached hydrogen (secondary N) is 5. The van der Waals surface area contributed by atoms with Gasteiger partial charge < -0.3 is 40.2 Å². The number of carbonyl (C=O) groups is 4. The normalized spacial score (nSPS) is 16.4. The third kappa shape index (κ3) is 10.3. The monoisotopic (exact) mass is 892 g/mol. The van der Waals surface area contributed by atoms with Crippen LogP contribution in [0.25, 0.3) is 43.3 Å². The van der Waals surface area contributed by atoms with Crippen LogP contribution in [-0.2, 0) is 46.8 Å². The highest BCUT2D eigenvalue weighted by Gasteiger charge is 2.31. The second-order valence-corrected chi connectivity index (χ2v) is 16.8. The Labute approximate surface area is 372 Å². The average Bonchev–Trinajstić information content (AvgIpc) is 3.74. The zero-order valence-electron chi connectivity index (χ0n) is 35.8. The Hall–Kier alpha value is -6.18. The van der Waals surface area contributed by atoms with Gasteiger partial charge in [0.25, 0.3) is 5.91 Å². The Morgan fingerprint density at radius 3 is 2.38 bits per heavy atom. The van der Waals surface area contributed by atoms with E-state index in [0.29, 0.717) is 88.0 Å². The van der Waals surface area contributed by atoms with Crippen LogP contribution in [0.2, 0.25) is 0 Å². The highest BCUT2D eigenvalue weighted by molar-refractivity contribution is 7.21. The molecule has 17 nitrogen and oxygen atoms in total. The summed E-state index contributed by atoms with van der Waals surface area (Å²) in [5, 5.41) is 17.1. The van der Waals surface area contributed by atoms with Gasteiger partial charge in [0.1, 0.15) is 17.5 Å². The number of anilines is 2. The van der Waals surface area contributed by atoms with E-state index in [1.54, 1.807) is 7.05 Å². The quantitative estimate of drug-likeness (QED) is 0.0543. The van der Waals surface area contributed by atoms with Crippen LogP contribution >= 0.6 is 11.3 Å². The van der Waals surface area contributed by atoms with Crippen LogP contribution in [0.3, 0.4) is 0 Å². The van der Waals surface area contributed by atoms with Crippen molar-refractivity contribution in [3.8, 4) is 11.3 Å². The van der Waals surface area contributed by atoms with Crippen molar-refractivity contribution < 1.29 is 38.1 Å². The number of piperidine rings is 1. The van der Waals surface area contributed by atoms with Crippen molar-refractivity contribution >= 4 is 78.4 Å². The Balaban J connectivity index is 0.651. The largest absolute Gasteiger partial charge is 0.383 e. The Morgan fingerprint density at radius 1 is 0.859 bits per heavy atom. The standard InChI is InChI=1S/C46H52N8O9S/c1-28-26-49-42-41-32-8-9-33(51-34(32)10-13-38(41)64-43(42)45(58)50-28)30-4-6-31(7-5-30)47-16-17-48-40(56)27-63-24-23-62-22-21-61-20-19-60-18-15-29-3-11-35-37(25-29)53(2)46(59)54(35)36-12-14-39(55)52-44(36)57/h3-11,13,25,28,36,47,49H,12,14-24,26-27H2,1-2H3,(H,48,56)(H,50,58)(H,52,55,57)/t28-,36?/m1/s1. The summed E-state index contributed by atoms with van der Waals surface area (Å²) in [6, 6.07) is 21.2. The molecular formula is C46H52N8O9S. The van der Waals surface area contributed by atoms with Crippen LogP contribution in [0.5, 0.6) is 0 Å². The van der Waals surface area contributed by atoms with Gasteiger partial charge in [-0.05, 0) is 73.9 Å². The number of nitrogens with zero attached hydrogens (tertiary/aromatic N) is 3. The first kappa shape index (κ1) is 44.4. The highest BCUT2D eigenvalue weighted by Crippen LogP contribution is 2.41. The van der Waals surface area contributed by atoms with E-state index in [9.17, 15) is 24.0 Å². The summed E-state index contributed by atoms with van der Waals surface area (Å²) in [6.07, 6.45) is 1.12. The highest BCUT2D eigenvalue weighted by atomic mass is 32.1. The Kier molecular flexibility index (Phi) is 14.3. The van der Waals surface area contributed by atoms with Crippen LogP contribution < -0.4 is 32.3 Å². The van der Waals surface area contributed by atoms with E-state index >= 15 is 0 Å². The van der Waals surface area contributed by atoms with Gasteiger partial charge in [0.15, 0.2) is 0 Å². The fraction of sp³-hybridized carbons (Fsp3) is 0.391. The van der Waals surface area contributed by atoms with Gasteiger partial charge >= 0.3 is 5.69 Å². The number of pyridine rings is 1. The molecule has 4 amide bonds. The Bertz CT molecular complexity index is 2730. The zero-order chi connectivity index (χ0) is 44.6. The van der Waals surface area contributed by atoms with E-state index in [1.165, 1.54) is 20.5 Å². The average molecular weight is 893 g/mol. The van der Waals surface area contributed by atoms with E-state index < -0.39 is 11.9 Å². The van der Waals surface area contributed by atoms with Crippen molar-refractivity contribution in [2.45, 2.75) is 38.3 Å². The number of benzene rings is 3. The molecule has 18 heteroatoms. The number of aromatic nitrogens is 3. The van der Waals surface area contributed by atoms with E-state index in [0.717, 1.165) is 49.2 Å². The molecule has 2 aliphatic rings. The summed E-state index contributed by atoms with van der Waals surface area (Å²) in [7, 11) is 1.67. The number of carbonyl (C=O) groups excluding carboxylic acids is 4. The molecule has 0 saturated carbocycles. The van der Waals surface area contributed by atoms with Gasteiger partial charge in [-0.25, -0.2) is 9.78 Å². The minimum absolute atomic E-state index is 0.0445. The van der Waals surface area contributed by atoms with Gasteiger partial charge in [0, 0.05) is 65.9 Å². The van der Waals surface area contributed by atoms with Gasteiger partial charge in [0.05, 0.1) is 74.2 Å². The molecule has 2 aliphatic heterocycles. The predicted molar refractivity (Wildman–Crippen MR) is 245 cm³/mol. The third-order valence-electron chi connectivity index (χ3n) is 11.2. The molecule has 0 aliphatic carbocycles. The number of hydrogen-bond acceptors (Lipinski definition) is 13. The topological polar surface area (TPSA) is 205 Å². The number of rotatable bonds is 20. The van der Waals surface area contributed by atoms with Crippen molar-refractivity contribution in [2.75, 3.05) is 83.1 Å². The molecule has 0 radical (unpaired) electrons. The molecule has 1 saturated heterocycles. The molecule has 5 N–H and O–H groups in total. The minimum Gasteiger partial charge on any atom is -0.383 e. The summed E-state index contributed by atoms with van der Waals surface area (Å²) >= 11 is 1.50. The Morgan fingerprint density at radius 2 is 1.61 bits per heavy atom. The van der Waals surface area contributed by atoms with Crippen molar-refractivity contribution in [2.24, 2.45) is 7.05 Å². The van der Waals surface area contributed by atoms with E-state index in [-0.39, 0.29) is 49.1 Å². The molecule has 6 aromatic rings. The summed E-state index contributed by atoms with van der Waals surface area (Å²) in [4.78, 5) is 67.7. The first-order chi connectivity index (χ1) is 31.1. The summed E-state index contributed by atoms with van der Waals surface area (Å²) in [5.41, 5.74) is 6.57. The van der Waals surface area contributed by atoms with Crippen molar-refractivity contribution in [1.29, 1.82) is 0 Å². The number of ether oxygens (including phenoxy) is 4. The molecule has 1 fully saturated rings. The molecular weight excluding hydrogens is 841 g/mol. The van der Waals surface area contributed by atoms with Gasteiger partial charge in [-0.2, -0.15) is 0 Å². The molecule has 5 heterocycles. The number of amides is 4. The fourth-order valence-corrected chi connectivity index (χ4v) is 9.01. The maximum atomic E-state index is 13.0. The fourth-order valence-electron chi connectivity index (χ4n) is 7.91. The summed E-state index contributed by atoms with van der Waals surface area (Å²) in [6.45, 7) is 6.28. The lowest BCUT2D eigenvalue weighted by atomic mass is 10.1. The first-order valence-electron chi connectivity index (χ1n) is 21.5. The van der Waals surface area contributed by atoms with Crippen molar-refractivity contribution in [3.05, 3.63) is 87.7 Å². The second kappa shape index (κ2) is 20.5. The SMILES string of the molecule is C[C@@H]1CNc2c(sc3ccc4nc(-c5ccc(NCCNC(=O)COCCOCCOCCOCCc6ccc7c(c6)n(C)c(=O)n7C6CCC(=O)NC6=O)cc5)ccc4c23)C(=O)N1. The lowest BCUT2D eigenvalue weighted by Crippen LogP contribution is -2.44. The number of imide groups is 1. The summed E-state index contributed by atoms with van der Waals surface area (Å²) < 4.78 is 26.3. The molecule has 2 atom stereocenters. The first-order valence-corrected chi connectivity index (χ1v) is 22.3. The molecule has 8 rings (SSSR count). The number of hydrogen-bond donors (Lipinski definition) is 5. The van der Waals surface area contributed by atoms with Crippen molar-refractivity contribution in [3.63, 3.8) is 0 Å². The number of aryl methyl sites for hydroxylation is 1. The van der Waals surface area contributed by atoms with Crippen LogP contribution in [0.15, 0.2) is 71.5 Å². The third-order valence-corrected chi connectivity index (χ3v) is 12.4. The lowest BCUT2D eigenvalue weighted by Gasteiger charge is -2.21. The van der Waals surface area contributed by atoms with Crippen LogP contribution in [-0.4, -0.2) is 116 Å². The van der Waals surface area contributed by atoms with E-state index in [4.69, 9.17) is 23.9 Å². The number of imidazole rings is 1. The predicted octanol–water partition coefficient (Wildman–Crippen LogP) is 4.13. The van der Waals surface area contributed by atoms with Crippen LogP contribution in [0, 0.1) is 0 Å². The number of fused-ring (bicyclic) bond motifs is 6. The summed E-state index contributed by atoms with van der Waals surface area (Å²) in [5.74, 6) is -1.03. The maximum Gasteiger partial charge on any atom is 0.329 e.